The van der Waals surface area contributed by atoms with Crippen molar-refractivity contribution in [2.75, 3.05) is 29.9 Å². The minimum Gasteiger partial charge on any atom is -0.450 e. The van der Waals surface area contributed by atoms with E-state index in [0.29, 0.717) is 22.3 Å². The highest BCUT2D eigenvalue weighted by atomic mass is 79.9. The first-order chi connectivity index (χ1) is 24.2. The molecule has 0 fully saturated rings. The Hall–Kier alpha value is -3.31. The van der Waals surface area contributed by atoms with Crippen molar-refractivity contribution in [3.63, 3.8) is 0 Å². The molecule has 2 aromatic heterocycles. The molecule has 0 aliphatic heterocycles. The zero-order valence-electron chi connectivity index (χ0n) is 30.9. The van der Waals surface area contributed by atoms with Gasteiger partial charge in [-0.05, 0) is 66.0 Å². The summed E-state index contributed by atoms with van der Waals surface area (Å²) >= 11 is 5.35. The van der Waals surface area contributed by atoms with Crippen molar-refractivity contribution in [1.82, 2.24) is 14.8 Å². The molecule has 1 N–H and O–H groups in total. The number of ether oxygens (including phenoxy) is 1. The number of thiazole rings is 1. The third-order valence-corrected chi connectivity index (χ3v) is 10.4. The first-order valence-electron chi connectivity index (χ1n) is 18.6. The fraction of sp³-hybridized carbons (Fsp3) is 0.564. The van der Waals surface area contributed by atoms with Gasteiger partial charge in [0.2, 0.25) is 5.13 Å². The summed E-state index contributed by atoms with van der Waals surface area (Å²) in [5, 5.41) is 18.1. The third-order valence-electron chi connectivity index (χ3n) is 8.65. The predicted octanol–water partition coefficient (Wildman–Crippen LogP) is 13.1. The van der Waals surface area contributed by atoms with Crippen LogP contribution in [0.1, 0.15) is 124 Å². The highest BCUT2D eigenvalue weighted by Crippen LogP contribution is 2.40. The SMILES string of the molecule is CCCCCCCCN(CCCCCCCC)c1ccc(N=Nc2c(Br)c(C(C)(C)C)nn2-c2nc3ccccc3s2)c(NC(=O)OCC)c1. The number of benzene rings is 2. The standard InChI is InChI=1S/C39H56BrN7O2S/c1-7-10-12-14-16-20-26-46(27-21-17-15-13-11-8-2)29-24-25-30(32(28-29)42-38(48)49-9-3)43-44-36-34(40)35(39(4,5)6)45-47(36)37-41-31-22-18-19-23-33(31)50-37/h18-19,22-25,28H,7-17,20-21,26-27H2,1-6H3,(H,42,48). The number of azo groups is 1. The van der Waals surface area contributed by atoms with E-state index in [9.17, 15) is 4.79 Å². The molecule has 2 aromatic carbocycles. The number of nitrogens with one attached hydrogen (secondary N) is 1. The lowest BCUT2D eigenvalue weighted by atomic mass is 9.92. The lowest BCUT2D eigenvalue weighted by molar-refractivity contribution is 0.168. The van der Waals surface area contributed by atoms with Crippen LogP contribution in [-0.2, 0) is 10.2 Å². The monoisotopic (exact) mass is 765 g/mol. The summed E-state index contributed by atoms with van der Waals surface area (Å²) in [5.74, 6) is 0.535. The first kappa shape index (κ1) is 39.5. The molecule has 0 spiro atoms. The Kier molecular flexibility index (Phi) is 15.7. The summed E-state index contributed by atoms with van der Waals surface area (Å²) in [5.41, 5.74) is 3.65. The van der Waals surface area contributed by atoms with Crippen LogP contribution in [0.5, 0.6) is 0 Å². The summed E-state index contributed by atoms with van der Waals surface area (Å²) in [6, 6.07) is 14.1. The zero-order chi connectivity index (χ0) is 35.9. The Morgan fingerprint density at radius 1 is 0.900 bits per heavy atom. The van der Waals surface area contributed by atoms with Crippen LogP contribution in [0.2, 0.25) is 0 Å². The predicted molar refractivity (Wildman–Crippen MR) is 213 cm³/mol. The number of para-hydroxylation sites is 1. The van der Waals surface area contributed by atoms with Gasteiger partial charge < -0.3 is 9.64 Å². The van der Waals surface area contributed by atoms with Crippen molar-refractivity contribution in [2.45, 2.75) is 124 Å². The van der Waals surface area contributed by atoms with Gasteiger partial charge in [0.1, 0.15) is 5.69 Å². The normalized spacial score (nSPS) is 11.9. The molecule has 50 heavy (non-hydrogen) atoms. The number of carbonyl (C=O) groups is 1. The van der Waals surface area contributed by atoms with E-state index in [1.807, 2.05) is 30.3 Å². The number of anilines is 2. The molecule has 0 unspecified atom stereocenters. The average Bonchev–Trinajstić information content (AvgIpc) is 3.67. The number of hydrogen-bond donors (Lipinski definition) is 1. The van der Waals surface area contributed by atoms with Crippen molar-refractivity contribution in [3.8, 4) is 5.13 Å². The van der Waals surface area contributed by atoms with Crippen LogP contribution in [-0.4, -0.2) is 40.6 Å². The van der Waals surface area contributed by atoms with Crippen LogP contribution in [0.3, 0.4) is 0 Å². The molecule has 0 radical (unpaired) electrons. The first-order valence-corrected chi connectivity index (χ1v) is 20.2. The van der Waals surface area contributed by atoms with E-state index < -0.39 is 6.09 Å². The second-order valence-electron chi connectivity index (χ2n) is 13.9. The topological polar surface area (TPSA) is 97.0 Å². The summed E-state index contributed by atoms with van der Waals surface area (Å²) in [6.07, 6.45) is 14.5. The number of rotatable bonds is 20. The quantitative estimate of drug-likeness (QED) is 0.0713. The van der Waals surface area contributed by atoms with E-state index in [-0.39, 0.29) is 12.0 Å². The number of amides is 1. The van der Waals surface area contributed by atoms with Crippen LogP contribution >= 0.6 is 27.3 Å². The van der Waals surface area contributed by atoms with Crippen LogP contribution in [0, 0.1) is 0 Å². The van der Waals surface area contributed by atoms with Crippen LogP contribution in [0.15, 0.2) is 57.2 Å². The van der Waals surface area contributed by atoms with E-state index in [0.717, 1.165) is 52.0 Å². The second kappa shape index (κ2) is 19.9. The van der Waals surface area contributed by atoms with Gasteiger partial charge in [0, 0.05) is 24.2 Å². The molecule has 0 saturated heterocycles. The van der Waals surface area contributed by atoms with Crippen molar-refractivity contribution in [1.29, 1.82) is 0 Å². The van der Waals surface area contributed by atoms with E-state index in [2.05, 4.69) is 72.9 Å². The highest BCUT2D eigenvalue weighted by Gasteiger charge is 2.27. The summed E-state index contributed by atoms with van der Waals surface area (Å²) in [6.45, 7) is 14.9. The van der Waals surface area contributed by atoms with Gasteiger partial charge in [-0.25, -0.2) is 9.78 Å². The van der Waals surface area contributed by atoms with Crippen molar-refractivity contribution < 1.29 is 9.53 Å². The van der Waals surface area contributed by atoms with Gasteiger partial charge in [0.05, 0.1) is 32.7 Å². The zero-order valence-corrected chi connectivity index (χ0v) is 33.3. The molecule has 0 aliphatic rings. The smallest absolute Gasteiger partial charge is 0.411 e. The van der Waals surface area contributed by atoms with Gasteiger partial charge in [-0.2, -0.15) is 9.78 Å². The number of nitrogens with zero attached hydrogens (tertiary/aromatic N) is 6. The molecule has 272 valence electrons. The molecule has 4 aromatic rings. The lowest BCUT2D eigenvalue weighted by Crippen LogP contribution is -2.26. The van der Waals surface area contributed by atoms with Gasteiger partial charge in [-0.3, -0.25) is 5.32 Å². The lowest BCUT2D eigenvalue weighted by Gasteiger charge is -2.26. The fourth-order valence-electron chi connectivity index (χ4n) is 5.86. The van der Waals surface area contributed by atoms with Crippen LogP contribution < -0.4 is 10.2 Å². The molecule has 11 heteroatoms. The molecule has 0 bridgehead atoms. The van der Waals surface area contributed by atoms with Gasteiger partial charge in [0.15, 0.2) is 5.82 Å². The van der Waals surface area contributed by atoms with E-state index in [1.54, 1.807) is 22.9 Å². The number of aromatic nitrogens is 3. The molecule has 2 heterocycles. The molecule has 4 rings (SSSR count). The molecular weight excluding hydrogens is 710 g/mol. The Labute approximate surface area is 311 Å². The molecule has 0 atom stereocenters. The molecule has 9 nitrogen and oxygen atoms in total. The molecule has 1 amide bonds. The maximum absolute atomic E-state index is 12.8. The van der Waals surface area contributed by atoms with Gasteiger partial charge in [-0.15, -0.1) is 10.2 Å². The highest BCUT2D eigenvalue weighted by molar-refractivity contribution is 9.10. The third kappa shape index (κ3) is 11.4. The number of fused-ring (bicyclic) bond motifs is 1. The Balaban J connectivity index is 1.67. The Morgan fingerprint density at radius 3 is 2.16 bits per heavy atom. The number of carbonyl (C=O) groups excluding carboxylic acids is 1. The number of unbranched alkanes of at least 4 members (excludes halogenated alkanes) is 10. The number of halogens is 1. The van der Waals surface area contributed by atoms with Gasteiger partial charge in [-0.1, -0.05) is 122 Å². The second-order valence-corrected chi connectivity index (χ2v) is 15.7. The largest absolute Gasteiger partial charge is 0.450 e. The van der Waals surface area contributed by atoms with E-state index in [4.69, 9.17) is 25.0 Å². The Bertz CT molecular complexity index is 1630. The van der Waals surface area contributed by atoms with Gasteiger partial charge >= 0.3 is 6.09 Å². The molecular formula is C39H56BrN7O2S. The van der Waals surface area contributed by atoms with Crippen LogP contribution in [0.25, 0.3) is 15.3 Å². The van der Waals surface area contributed by atoms with Gasteiger partial charge in [0.25, 0.3) is 0 Å². The average molecular weight is 767 g/mol. The molecule has 0 saturated carbocycles. The van der Waals surface area contributed by atoms with Crippen molar-refractivity contribution >= 4 is 66.5 Å². The maximum Gasteiger partial charge on any atom is 0.411 e. The maximum atomic E-state index is 12.8. The minimum absolute atomic E-state index is 0.251. The van der Waals surface area contributed by atoms with E-state index in [1.165, 1.54) is 64.2 Å². The Morgan fingerprint density at radius 2 is 1.54 bits per heavy atom. The van der Waals surface area contributed by atoms with E-state index >= 15 is 0 Å². The number of hydrogen-bond acceptors (Lipinski definition) is 8. The summed E-state index contributed by atoms with van der Waals surface area (Å²) in [4.78, 5) is 20.1. The van der Waals surface area contributed by atoms with Crippen molar-refractivity contribution in [2.24, 2.45) is 10.2 Å². The minimum atomic E-state index is -0.518. The molecule has 0 aliphatic carbocycles. The van der Waals surface area contributed by atoms with Crippen molar-refractivity contribution in [3.05, 3.63) is 52.6 Å². The van der Waals surface area contributed by atoms with Crippen LogP contribution in [0.4, 0.5) is 27.7 Å². The summed E-state index contributed by atoms with van der Waals surface area (Å²) in [7, 11) is 0. The summed E-state index contributed by atoms with van der Waals surface area (Å²) < 4.78 is 8.87. The fourth-order valence-corrected chi connectivity index (χ4v) is 7.70.